The Balaban J connectivity index is 4.29. The first-order valence-electron chi connectivity index (χ1n) is 4.71. The molecule has 0 atom stereocenters. The van der Waals surface area contributed by atoms with E-state index in [9.17, 15) is 4.79 Å². The lowest BCUT2D eigenvalue weighted by molar-refractivity contribution is -0.136. The van der Waals surface area contributed by atoms with Gasteiger partial charge in [-0.2, -0.15) is 0 Å². The minimum absolute atomic E-state index is 0.00555. The van der Waals surface area contributed by atoms with E-state index in [1.165, 1.54) is 5.57 Å². The number of aliphatic carboxylic acids is 1. The summed E-state index contributed by atoms with van der Waals surface area (Å²) in [7, 11) is 0. The average molecular weight is 194 g/mol. The lowest BCUT2D eigenvalue weighted by Gasteiger charge is -2.04. The van der Waals surface area contributed by atoms with E-state index in [4.69, 9.17) is 5.11 Å². The Morgan fingerprint density at radius 3 is 2.36 bits per heavy atom. The molecule has 2 nitrogen and oxygen atoms in total. The van der Waals surface area contributed by atoms with Crippen LogP contribution in [-0.4, -0.2) is 11.1 Å². The van der Waals surface area contributed by atoms with Gasteiger partial charge in [-0.05, 0) is 24.0 Å². The van der Waals surface area contributed by atoms with E-state index in [1.807, 2.05) is 19.1 Å². The molecule has 0 radical (unpaired) electrons. The maximum atomic E-state index is 10.3. The van der Waals surface area contributed by atoms with Gasteiger partial charge in [0.25, 0.3) is 0 Å². The fraction of sp³-hybridized carbons (Fsp3) is 0.417. The van der Waals surface area contributed by atoms with Crippen molar-refractivity contribution in [3.8, 4) is 0 Å². The maximum absolute atomic E-state index is 10.3. The first-order valence-corrected chi connectivity index (χ1v) is 4.71. The van der Waals surface area contributed by atoms with Crippen molar-refractivity contribution in [2.45, 2.75) is 27.2 Å². The number of carboxylic acids is 1. The highest BCUT2D eigenvalue weighted by molar-refractivity contribution is 5.70. The highest BCUT2D eigenvalue weighted by Gasteiger charge is 1.99. The van der Waals surface area contributed by atoms with Crippen LogP contribution in [0.25, 0.3) is 0 Å². The van der Waals surface area contributed by atoms with Crippen LogP contribution in [0.5, 0.6) is 0 Å². The SMILES string of the molecule is C=C(/C=C\C(=C/C)C(C)C)CC(=O)O. The summed E-state index contributed by atoms with van der Waals surface area (Å²) < 4.78 is 0. The Morgan fingerprint density at radius 2 is 2.00 bits per heavy atom. The van der Waals surface area contributed by atoms with Crippen LogP contribution < -0.4 is 0 Å². The third kappa shape index (κ3) is 5.36. The van der Waals surface area contributed by atoms with E-state index in [-0.39, 0.29) is 6.42 Å². The monoisotopic (exact) mass is 194 g/mol. The second-order valence-electron chi connectivity index (χ2n) is 3.51. The smallest absolute Gasteiger partial charge is 0.307 e. The summed E-state index contributed by atoms with van der Waals surface area (Å²) >= 11 is 0. The van der Waals surface area contributed by atoms with Crippen LogP contribution >= 0.6 is 0 Å². The number of hydrogen-bond donors (Lipinski definition) is 1. The van der Waals surface area contributed by atoms with Crippen molar-refractivity contribution in [3.05, 3.63) is 36.0 Å². The number of carboxylic acid groups (broad SMARTS) is 1. The van der Waals surface area contributed by atoms with Gasteiger partial charge >= 0.3 is 5.97 Å². The van der Waals surface area contributed by atoms with Gasteiger partial charge in [0.1, 0.15) is 0 Å². The largest absolute Gasteiger partial charge is 0.481 e. The van der Waals surface area contributed by atoms with Gasteiger partial charge in [0.2, 0.25) is 0 Å². The molecule has 2 heteroatoms. The first-order chi connectivity index (χ1) is 6.47. The van der Waals surface area contributed by atoms with Gasteiger partial charge in [-0.25, -0.2) is 0 Å². The second-order valence-corrected chi connectivity index (χ2v) is 3.51. The quantitative estimate of drug-likeness (QED) is 0.682. The van der Waals surface area contributed by atoms with Crippen molar-refractivity contribution in [1.29, 1.82) is 0 Å². The Labute approximate surface area is 85.6 Å². The summed E-state index contributed by atoms with van der Waals surface area (Å²) in [6.45, 7) is 9.83. The maximum Gasteiger partial charge on any atom is 0.307 e. The fourth-order valence-corrected chi connectivity index (χ4v) is 1.09. The van der Waals surface area contributed by atoms with Gasteiger partial charge in [0, 0.05) is 0 Å². The van der Waals surface area contributed by atoms with Crippen molar-refractivity contribution < 1.29 is 9.90 Å². The number of hydrogen-bond acceptors (Lipinski definition) is 1. The minimum Gasteiger partial charge on any atom is -0.481 e. The summed E-state index contributed by atoms with van der Waals surface area (Å²) in [4.78, 5) is 10.3. The molecule has 0 aliphatic carbocycles. The van der Waals surface area contributed by atoms with E-state index < -0.39 is 5.97 Å². The highest BCUT2D eigenvalue weighted by atomic mass is 16.4. The number of allylic oxidation sites excluding steroid dienone is 4. The van der Waals surface area contributed by atoms with Crippen LogP contribution in [0.3, 0.4) is 0 Å². The van der Waals surface area contributed by atoms with E-state index in [0.717, 1.165) is 0 Å². The molecule has 14 heavy (non-hydrogen) atoms. The van der Waals surface area contributed by atoms with E-state index in [1.54, 1.807) is 6.08 Å². The van der Waals surface area contributed by atoms with Gasteiger partial charge < -0.3 is 5.11 Å². The molecule has 0 heterocycles. The molecular weight excluding hydrogens is 176 g/mol. The molecule has 0 bridgehead atoms. The van der Waals surface area contributed by atoms with Crippen LogP contribution in [0.4, 0.5) is 0 Å². The van der Waals surface area contributed by atoms with Gasteiger partial charge in [-0.15, -0.1) is 0 Å². The molecule has 0 fully saturated rings. The lowest BCUT2D eigenvalue weighted by atomic mass is 10.0. The Bertz CT molecular complexity index is 270. The zero-order chi connectivity index (χ0) is 11.1. The van der Waals surface area contributed by atoms with Crippen LogP contribution in [0.15, 0.2) is 36.0 Å². The van der Waals surface area contributed by atoms with Gasteiger partial charge in [-0.1, -0.05) is 38.7 Å². The zero-order valence-electron chi connectivity index (χ0n) is 9.08. The number of carbonyl (C=O) groups is 1. The third-order valence-electron chi connectivity index (χ3n) is 1.89. The van der Waals surface area contributed by atoms with Crippen molar-refractivity contribution in [2.24, 2.45) is 5.92 Å². The summed E-state index contributed by atoms with van der Waals surface area (Å²) in [5.74, 6) is -0.389. The second kappa shape index (κ2) is 6.19. The van der Waals surface area contributed by atoms with Crippen LogP contribution in [-0.2, 0) is 4.79 Å². The van der Waals surface area contributed by atoms with Crippen LogP contribution in [0.1, 0.15) is 27.2 Å². The molecule has 0 aromatic rings. The number of rotatable bonds is 5. The molecule has 78 valence electrons. The summed E-state index contributed by atoms with van der Waals surface area (Å²) in [6, 6.07) is 0. The fourth-order valence-electron chi connectivity index (χ4n) is 1.09. The highest BCUT2D eigenvalue weighted by Crippen LogP contribution is 2.12. The van der Waals surface area contributed by atoms with Gasteiger partial charge in [0.05, 0.1) is 6.42 Å². The van der Waals surface area contributed by atoms with Gasteiger partial charge in [0.15, 0.2) is 0 Å². The molecule has 0 aromatic carbocycles. The lowest BCUT2D eigenvalue weighted by Crippen LogP contribution is -1.95. The van der Waals surface area contributed by atoms with Crippen LogP contribution in [0, 0.1) is 5.92 Å². The normalized spacial score (nSPS) is 12.4. The molecular formula is C12H18O2. The molecule has 0 saturated heterocycles. The molecule has 0 aliphatic rings. The van der Waals surface area contributed by atoms with E-state index in [2.05, 4.69) is 20.4 Å². The predicted molar refractivity (Wildman–Crippen MR) is 59.1 cm³/mol. The topological polar surface area (TPSA) is 37.3 Å². The molecule has 1 N–H and O–H groups in total. The van der Waals surface area contributed by atoms with Crippen LogP contribution in [0.2, 0.25) is 0 Å². The summed E-state index contributed by atoms with van der Waals surface area (Å²) in [5, 5.41) is 8.51. The van der Waals surface area contributed by atoms with Crippen molar-refractivity contribution in [1.82, 2.24) is 0 Å². The Kier molecular flexibility index (Phi) is 5.61. The molecule has 0 rings (SSSR count). The molecule has 0 amide bonds. The molecule has 0 spiro atoms. The average Bonchev–Trinajstić information content (AvgIpc) is 2.03. The third-order valence-corrected chi connectivity index (χ3v) is 1.89. The minimum atomic E-state index is -0.841. The van der Waals surface area contributed by atoms with E-state index in [0.29, 0.717) is 11.5 Å². The molecule has 0 saturated carbocycles. The predicted octanol–water partition coefficient (Wildman–Crippen LogP) is 3.18. The first kappa shape index (κ1) is 12.7. The molecule has 0 unspecified atom stereocenters. The van der Waals surface area contributed by atoms with Gasteiger partial charge in [-0.3, -0.25) is 4.79 Å². The molecule has 0 aliphatic heterocycles. The zero-order valence-corrected chi connectivity index (χ0v) is 9.08. The summed E-state index contributed by atoms with van der Waals surface area (Å²) in [5.41, 5.74) is 1.81. The van der Waals surface area contributed by atoms with E-state index >= 15 is 0 Å². The summed E-state index contributed by atoms with van der Waals surface area (Å²) in [6.07, 6.45) is 5.72. The Morgan fingerprint density at radius 1 is 1.43 bits per heavy atom. The Hall–Kier alpha value is -1.31. The van der Waals surface area contributed by atoms with Crippen molar-refractivity contribution >= 4 is 5.97 Å². The molecule has 0 aromatic heterocycles. The standard InChI is InChI=1S/C12H18O2/c1-5-11(9(2)3)7-6-10(4)8-12(13)14/h5-7,9H,4,8H2,1-3H3,(H,13,14)/b7-6-,11-5+. The van der Waals surface area contributed by atoms with Crippen molar-refractivity contribution in [3.63, 3.8) is 0 Å². The van der Waals surface area contributed by atoms with Crippen molar-refractivity contribution in [2.75, 3.05) is 0 Å².